The number of nitrogens with one attached hydrogen (secondary N) is 1. The molecule has 25 heavy (non-hydrogen) atoms. The molecule has 3 aromatic rings. The van der Waals surface area contributed by atoms with E-state index >= 15 is 0 Å². The molecule has 1 amide bonds. The molecule has 1 aromatic carbocycles. The van der Waals surface area contributed by atoms with Gasteiger partial charge in [0.1, 0.15) is 5.01 Å². The van der Waals surface area contributed by atoms with Gasteiger partial charge < -0.3 is 5.32 Å². The summed E-state index contributed by atoms with van der Waals surface area (Å²) in [5, 5.41) is 4.00. The van der Waals surface area contributed by atoms with Gasteiger partial charge in [-0.25, -0.2) is 4.98 Å². The Labute approximate surface area is 151 Å². The number of aromatic nitrogens is 2. The average molecular weight is 349 g/mol. The number of carbonyl (C=O) groups is 1. The number of aryl methyl sites for hydroxylation is 2. The lowest BCUT2D eigenvalue weighted by Crippen LogP contribution is -2.27. The summed E-state index contributed by atoms with van der Waals surface area (Å²) in [6.07, 6.45) is 4.24. The molecule has 1 atom stereocenters. The van der Waals surface area contributed by atoms with Gasteiger partial charge in [0.15, 0.2) is 0 Å². The number of benzene rings is 1. The number of hydrogen-bond acceptors (Lipinski definition) is 4. The fraction of sp³-hybridized carbons (Fsp3) is 0.250. The van der Waals surface area contributed by atoms with Crippen molar-refractivity contribution in [3.8, 4) is 10.7 Å². The van der Waals surface area contributed by atoms with Gasteiger partial charge in [-0.3, -0.25) is 9.78 Å². The summed E-state index contributed by atoms with van der Waals surface area (Å²) in [4.78, 5) is 23.0. The summed E-state index contributed by atoms with van der Waals surface area (Å²) in [5.74, 6) is 0.106. The Morgan fingerprint density at radius 1 is 1.24 bits per heavy atom. The lowest BCUT2D eigenvalue weighted by atomic mass is 9.90. The lowest BCUT2D eigenvalue weighted by Gasteiger charge is -2.20. The Morgan fingerprint density at radius 3 is 2.96 bits per heavy atom. The number of thiazole rings is 1. The van der Waals surface area contributed by atoms with E-state index in [9.17, 15) is 4.79 Å². The highest BCUT2D eigenvalue weighted by atomic mass is 32.1. The molecule has 0 radical (unpaired) electrons. The van der Waals surface area contributed by atoms with Crippen LogP contribution < -0.4 is 5.32 Å². The van der Waals surface area contributed by atoms with Gasteiger partial charge in [0.25, 0.3) is 0 Å². The molecule has 126 valence electrons. The third kappa shape index (κ3) is 3.46. The van der Waals surface area contributed by atoms with Gasteiger partial charge in [0.05, 0.1) is 11.4 Å². The minimum atomic E-state index is 0.00467. The van der Waals surface area contributed by atoms with Crippen LogP contribution in [-0.2, 0) is 17.6 Å². The van der Waals surface area contributed by atoms with E-state index < -0.39 is 0 Å². The Bertz CT molecular complexity index is 904. The van der Waals surface area contributed by atoms with Crippen molar-refractivity contribution >= 4 is 22.9 Å². The van der Waals surface area contributed by atoms with E-state index in [1.54, 1.807) is 17.5 Å². The molecule has 1 unspecified atom stereocenters. The van der Waals surface area contributed by atoms with Crippen molar-refractivity contribution < 1.29 is 4.79 Å². The number of anilines is 1. The molecule has 2 heterocycles. The predicted molar refractivity (Wildman–Crippen MR) is 101 cm³/mol. The van der Waals surface area contributed by atoms with Crippen molar-refractivity contribution in [3.05, 3.63) is 64.8 Å². The number of pyridine rings is 1. The highest BCUT2D eigenvalue weighted by Gasteiger charge is 2.28. The van der Waals surface area contributed by atoms with Crippen molar-refractivity contribution in [2.75, 3.05) is 5.32 Å². The van der Waals surface area contributed by atoms with Crippen molar-refractivity contribution in [2.45, 2.75) is 26.2 Å². The van der Waals surface area contributed by atoms with E-state index in [4.69, 9.17) is 4.98 Å². The Balaban J connectivity index is 1.49. The molecule has 0 aliphatic heterocycles. The molecule has 4 rings (SSSR count). The molecule has 1 aliphatic rings. The SMILES string of the molecule is Cc1cccc(NC(=O)C2CCc3nc(-c4ccccn4)sc3C2)c1. The van der Waals surface area contributed by atoms with Crippen LogP contribution in [-0.4, -0.2) is 15.9 Å². The van der Waals surface area contributed by atoms with Gasteiger partial charge in [-0.15, -0.1) is 11.3 Å². The van der Waals surface area contributed by atoms with Gasteiger partial charge in [0.2, 0.25) is 5.91 Å². The zero-order chi connectivity index (χ0) is 17.2. The Morgan fingerprint density at radius 2 is 2.16 bits per heavy atom. The van der Waals surface area contributed by atoms with Crippen LogP contribution in [0, 0.1) is 12.8 Å². The van der Waals surface area contributed by atoms with Crippen molar-refractivity contribution in [1.82, 2.24) is 9.97 Å². The second kappa shape index (κ2) is 6.76. The Kier molecular flexibility index (Phi) is 4.32. The van der Waals surface area contributed by atoms with Crippen LogP contribution >= 0.6 is 11.3 Å². The van der Waals surface area contributed by atoms with Gasteiger partial charge in [-0.1, -0.05) is 18.2 Å². The van der Waals surface area contributed by atoms with Gasteiger partial charge in [-0.05, 0) is 56.0 Å². The molecule has 4 nitrogen and oxygen atoms in total. The quantitative estimate of drug-likeness (QED) is 0.769. The van der Waals surface area contributed by atoms with E-state index in [-0.39, 0.29) is 11.8 Å². The number of amides is 1. The fourth-order valence-corrected chi connectivity index (χ4v) is 4.33. The zero-order valence-electron chi connectivity index (χ0n) is 14.0. The topological polar surface area (TPSA) is 54.9 Å². The maximum Gasteiger partial charge on any atom is 0.227 e. The predicted octanol–water partition coefficient (Wildman–Crippen LogP) is 4.26. The summed E-state index contributed by atoms with van der Waals surface area (Å²) in [6, 6.07) is 13.8. The minimum Gasteiger partial charge on any atom is -0.326 e. The first-order chi connectivity index (χ1) is 12.2. The molecular formula is C20H19N3OS. The third-order valence-corrected chi connectivity index (χ3v) is 5.62. The third-order valence-electron chi connectivity index (χ3n) is 4.48. The molecule has 1 aliphatic carbocycles. The maximum atomic E-state index is 12.6. The first-order valence-corrected chi connectivity index (χ1v) is 9.28. The molecule has 0 saturated heterocycles. The minimum absolute atomic E-state index is 0.00467. The van der Waals surface area contributed by atoms with E-state index in [1.807, 2.05) is 49.4 Å². The van der Waals surface area contributed by atoms with Crippen LogP contribution in [0.4, 0.5) is 5.69 Å². The largest absolute Gasteiger partial charge is 0.326 e. The summed E-state index contributed by atoms with van der Waals surface area (Å²) < 4.78 is 0. The first-order valence-electron chi connectivity index (χ1n) is 8.46. The van der Waals surface area contributed by atoms with Crippen molar-refractivity contribution in [1.29, 1.82) is 0 Å². The molecule has 0 bridgehead atoms. The first kappa shape index (κ1) is 16.0. The fourth-order valence-electron chi connectivity index (χ4n) is 3.16. The molecule has 0 fully saturated rings. The van der Waals surface area contributed by atoms with Crippen LogP contribution in [0.1, 0.15) is 22.6 Å². The molecular weight excluding hydrogens is 330 g/mol. The summed E-state index contributed by atoms with van der Waals surface area (Å²) in [7, 11) is 0. The van der Waals surface area contributed by atoms with Crippen LogP contribution in [0.25, 0.3) is 10.7 Å². The van der Waals surface area contributed by atoms with Gasteiger partial charge >= 0.3 is 0 Å². The standard InChI is InChI=1S/C20H19N3OS/c1-13-5-4-6-15(11-13)22-19(24)14-8-9-16-18(12-14)25-20(23-16)17-7-2-3-10-21-17/h2-7,10-11,14H,8-9,12H2,1H3,(H,22,24). The van der Waals surface area contributed by atoms with E-state index in [0.717, 1.165) is 46.9 Å². The lowest BCUT2D eigenvalue weighted by molar-refractivity contribution is -0.120. The smallest absolute Gasteiger partial charge is 0.227 e. The van der Waals surface area contributed by atoms with E-state index in [2.05, 4.69) is 10.3 Å². The molecule has 5 heteroatoms. The summed E-state index contributed by atoms with van der Waals surface area (Å²) >= 11 is 1.66. The number of nitrogens with zero attached hydrogens (tertiary/aromatic N) is 2. The molecule has 0 saturated carbocycles. The number of fused-ring (bicyclic) bond motifs is 1. The van der Waals surface area contributed by atoms with Crippen molar-refractivity contribution in [2.24, 2.45) is 5.92 Å². The van der Waals surface area contributed by atoms with Crippen LogP contribution in [0.5, 0.6) is 0 Å². The number of rotatable bonds is 3. The van der Waals surface area contributed by atoms with Gasteiger partial charge in [0, 0.05) is 22.7 Å². The second-order valence-corrected chi connectivity index (χ2v) is 7.49. The van der Waals surface area contributed by atoms with Crippen LogP contribution in [0.2, 0.25) is 0 Å². The van der Waals surface area contributed by atoms with Crippen molar-refractivity contribution in [3.63, 3.8) is 0 Å². The second-order valence-electron chi connectivity index (χ2n) is 6.40. The normalized spacial score (nSPS) is 16.3. The zero-order valence-corrected chi connectivity index (χ0v) is 14.8. The highest BCUT2D eigenvalue weighted by molar-refractivity contribution is 7.15. The molecule has 2 aromatic heterocycles. The average Bonchev–Trinajstić information content (AvgIpc) is 3.06. The monoisotopic (exact) mass is 349 g/mol. The van der Waals surface area contributed by atoms with Gasteiger partial charge in [-0.2, -0.15) is 0 Å². The maximum absolute atomic E-state index is 12.6. The molecule has 1 N–H and O–H groups in total. The summed E-state index contributed by atoms with van der Waals surface area (Å²) in [6.45, 7) is 2.03. The highest BCUT2D eigenvalue weighted by Crippen LogP contribution is 2.34. The molecule has 0 spiro atoms. The Hall–Kier alpha value is -2.53. The van der Waals surface area contributed by atoms with Crippen LogP contribution in [0.15, 0.2) is 48.7 Å². The van der Waals surface area contributed by atoms with Crippen LogP contribution in [0.3, 0.4) is 0 Å². The number of carbonyl (C=O) groups excluding carboxylic acids is 1. The summed E-state index contributed by atoms with van der Waals surface area (Å²) in [5.41, 5.74) is 4.05. The van der Waals surface area contributed by atoms with E-state index in [1.165, 1.54) is 4.88 Å². The number of hydrogen-bond donors (Lipinski definition) is 1. The van der Waals surface area contributed by atoms with E-state index in [0.29, 0.717) is 0 Å².